The zero-order chi connectivity index (χ0) is 19.8. The van der Waals surface area contributed by atoms with Crippen molar-refractivity contribution in [2.24, 2.45) is 5.92 Å². The summed E-state index contributed by atoms with van der Waals surface area (Å²) in [6, 6.07) is 15.9. The van der Waals surface area contributed by atoms with E-state index in [-0.39, 0.29) is 5.91 Å². The maximum atomic E-state index is 12.4. The summed E-state index contributed by atoms with van der Waals surface area (Å²) < 4.78 is 10.3. The minimum absolute atomic E-state index is 0.00429. The molecule has 1 amide bonds. The average molecular weight is 383 g/mol. The van der Waals surface area contributed by atoms with Gasteiger partial charge in [-0.25, -0.2) is 0 Å². The van der Waals surface area contributed by atoms with Crippen LogP contribution in [0.4, 0.5) is 0 Å². The lowest BCUT2D eigenvalue weighted by Crippen LogP contribution is -2.38. The van der Waals surface area contributed by atoms with E-state index >= 15 is 0 Å². The van der Waals surface area contributed by atoms with E-state index in [9.17, 15) is 4.79 Å². The number of rotatable bonds is 8. The Balaban J connectivity index is 1.39. The van der Waals surface area contributed by atoms with Gasteiger partial charge >= 0.3 is 0 Å². The zero-order valence-corrected chi connectivity index (χ0v) is 16.8. The van der Waals surface area contributed by atoms with Crippen LogP contribution in [0.2, 0.25) is 0 Å². The highest BCUT2D eigenvalue weighted by Crippen LogP contribution is 2.20. The molecule has 0 aromatic heterocycles. The Labute approximate surface area is 167 Å². The molecule has 0 atom stereocenters. The first kappa shape index (κ1) is 20.4. The standard InChI is InChI=1S/C23H30N2O3/c1-27-17-20-3-7-21(8-4-20)23(26)24-15-18-11-13-25(14-12-18)16-19-5-9-22(28-2)10-6-19/h3-10,18H,11-17H2,1-2H3,(H,24,26). The number of carbonyl (C=O) groups excluding carboxylic acids is 1. The van der Waals surface area contributed by atoms with Crippen LogP contribution in [0.25, 0.3) is 0 Å². The van der Waals surface area contributed by atoms with Gasteiger partial charge in [-0.3, -0.25) is 9.69 Å². The number of nitrogens with one attached hydrogen (secondary N) is 1. The Hall–Kier alpha value is -2.37. The summed E-state index contributed by atoms with van der Waals surface area (Å²) in [7, 11) is 3.36. The topological polar surface area (TPSA) is 50.8 Å². The second-order valence-electron chi connectivity index (χ2n) is 7.41. The molecule has 0 spiro atoms. The molecular formula is C23H30N2O3. The maximum Gasteiger partial charge on any atom is 0.251 e. The molecule has 1 saturated heterocycles. The minimum Gasteiger partial charge on any atom is -0.497 e. The van der Waals surface area contributed by atoms with Crippen LogP contribution in [-0.2, 0) is 17.9 Å². The third-order valence-electron chi connectivity index (χ3n) is 5.35. The molecule has 0 radical (unpaired) electrons. The predicted octanol–water partition coefficient (Wildman–Crippen LogP) is 3.48. The number of nitrogens with zero attached hydrogens (tertiary/aromatic N) is 1. The van der Waals surface area contributed by atoms with Gasteiger partial charge in [0.1, 0.15) is 5.75 Å². The molecular weight excluding hydrogens is 352 g/mol. The Kier molecular flexibility index (Phi) is 7.46. The minimum atomic E-state index is 0.00429. The Morgan fingerprint density at radius 1 is 1.00 bits per heavy atom. The van der Waals surface area contributed by atoms with E-state index in [1.807, 2.05) is 36.4 Å². The van der Waals surface area contributed by atoms with E-state index in [0.717, 1.165) is 50.3 Å². The van der Waals surface area contributed by atoms with Crippen molar-refractivity contribution in [2.75, 3.05) is 33.9 Å². The van der Waals surface area contributed by atoms with Crippen LogP contribution in [0.5, 0.6) is 5.75 Å². The first-order chi connectivity index (χ1) is 13.7. The summed E-state index contributed by atoms with van der Waals surface area (Å²) in [5.41, 5.74) is 3.09. The first-order valence-corrected chi connectivity index (χ1v) is 9.89. The van der Waals surface area contributed by atoms with Gasteiger partial charge in [0.2, 0.25) is 0 Å². The molecule has 2 aromatic rings. The number of hydrogen-bond donors (Lipinski definition) is 1. The third-order valence-corrected chi connectivity index (χ3v) is 5.35. The largest absolute Gasteiger partial charge is 0.497 e. The van der Waals surface area contributed by atoms with E-state index < -0.39 is 0 Å². The second-order valence-corrected chi connectivity index (χ2v) is 7.41. The van der Waals surface area contributed by atoms with Crippen LogP contribution >= 0.6 is 0 Å². The van der Waals surface area contributed by atoms with Gasteiger partial charge in [0.25, 0.3) is 5.91 Å². The van der Waals surface area contributed by atoms with Gasteiger partial charge < -0.3 is 14.8 Å². The molecule has 28 heavy (non-hydrogen) atoms. The molecule has 150 valence electrons. The van der Waals surface area contributed by atoms with Gasteiger partial charge in [-0.1, -0.05) is 24.3 Å². The fraction of sp³-hybridized carbons (Fsp3) is 0.435. The molecule has 0 saturated carbocycles. The zero-order valence-electron chi connectivity index (χ0n) is 16.8. The van der Waals surface area contributed by atoms with Crippen LogP contribution in [0.15, 0.2) is 48.5 Å². The number of carbonyl (C=O) groups is 1. The molecule has 3 rings (SSSR count). The van der Waals surface area contributed by atoms with Gasteiger partial charge in [-0.15, -0.1) is 0 Å². The van der Waals surface area contributed by atoms with Gasteiger partial charge in [0, 0.05) is 25.8 Å². The maximum absolute atomic E-state index is 12.4. The summed E-state index contributed by atoms with van der Waals surface area (Å²) in [6.07, 6.45) is 2.23. The fourth-order valence-corrected chi connectivity index (χ4v) is 3.60. The molecule has 1 aliphatic rings. The highest BCUT2D eigenvalue weighted by Gasteiger charge is 2.20. The molecule has 1 fully saturated rings. The normalized spacial score (nSPS) is 15.4. The lowest BCUT2D eigenvalue weighted by atomic mass is 9.96. The van der Waals surface area contributed by atoms with E-state index in [0.29, 0.717) is 18.1 Å². The number of methoxy groups -OCH3 is 2. The van der Waals surface area contributed by atoms with Crippen molar-refractivity contribution in [1.82, 2.24) is 10.2 Å². The van der Waals surface area contributed by atoms with Crippen molar-refractivity contribution in [3.63, 3.8) is 0 Å². The van der Waals surface area contributed by atoms with Crippen molar-refractivity contribution in [3.05, 3.63) is 65.2 Å². The van der Waals surface area contributed by atoms with E-state index in [4.69, 9.17) is 9.47 Å². The van der Waals surface area contributed by atoms with Gasteiger partial charge in [0.15, 0.2) is 0 Å². The lowest BCUT2D eigenvalue weighted by Gasteiger charge is -2.32. The van der Waals surface area contributed by atoms with Crippen LogP contribution < -0.4 is 10.1 Å². The number of likely N-dealkylation sites (tertiary alicyclic amines) is 1. The van der Waals surface area contributed by atoms with Gasteiger partial charge in [-0.2, -0.15) is 0 Å². The Morgan fingerprint density at radius 2 is 1.64 bits per heavy atom. The third kappa shape index (κ3) is 5.81. The number of hydrogen-bond acceptors (Lipinski definition) is 4. The van der Waals surface area contributed by atoms with Crippen LogP contribution in [0, 0.1) is 5.92 Å². The Morgan fingerprint density at radius 3 is 2.25 bits per heavy atom. The van der Waals surface area contributed by atoms with E-state index in [1.54, 1.807) is 14.2 Å². The van der Waals surface area contributed by atoms with Crippen molar-refractivity contribution >= 4 is 5.91 Å². The summed E-state index contributed by atoms with van der Waals surface area (Å²) >= 11 is 0. The fourth-order valence-electron chi connectivity index (χ4n) is 3.60. The van der Waals surface area contributed by atoms with Crippen molar-refractivity contribution < 1.29 is 14.3 Å². The smallest absolute Gasteiger partial charge is 0.251 e. The van der Waals surface area contributed by atoms with Crippen molar-refractivity contribution in [3.8, 4) is 5.75 Å². The molecule has 5 heteroatoms. The molecule has 1 aliphatic heterocycles. The molecule has 1 N–H and O–H groups in total. The second kappa shape index (κ2) is 10.2. The summed E-state index contributed by atoms with van der Waals surface area (Å²) in [5.74, 6) is 1.44. The molecule has 1 heterocycles. The lowest BCUT2D eigenvalue weighted by molar-refractivity contribution is 0.0935. The highest BCUT2D eigenvalue weighted by molar-refractivity contribution is 5.94. The molecule has 0 aliphatic carbocycles. The summed E-state index contributed by atoms with van der Waals surface area (Å²) in [6.45, 7) is 4.42. The monoisotopic (exact) mass is 382 g/mol. The molecule has 0 unspecified atom stereocenters. The quantitative estimate of drug-likeness (QED) is 0.759. The van der Waals surface area contributed by atoms with Gasteiger partial charge in [-0.05, 0) is 67.2 Å². The highest BCUT2D eigenvalue weighted by atomic mass is 16.5. The number of ether oxygens (including phenoxy) is 2. The van der Waals surface area contributed by atoms with Crippen LogP contribution in [-0.4, -0.2) is 44.7 Å². The average Bonchev–Trinajstić information content (AvgIpc) is 2.74. The van der Waals surface area contributed by atoms with E-state index in [1.165, 1.54) is 5.56 Å². The Bertz CT molecular complexity index is 735. The SMILES string of the molecule is COCc1ccc(C(=O)NCC2CCN(Cc3ccc(OC)cc3)CC2)cc1. The molecule has 2 aromatic carbocycles. The number of amides is 1. The number of benzene rings is 2. The first-order valence-electron chi connectivity index (χ1n) is 9.89. The van der Waals surface area contributed by atoms with Crippen molar-refractivity contribution in [1.29, 1.82) is 0 Å². The van der Waals surface area contributed by atoms with Crippen molar-refractivity contribution in [2.45, 2.75) is 26.0 Å². The predicted molar refractivity (Wildman–Crippen MR) is 110 cm³/mol. The summed E-state index contributed by atoms with van der Waals surface area (Å²) in [5, 5.41) is 3.09. The van der Waals surface area contributed by atoms with Crippen LogP contribution in [0.1, 0.15) is 34.3 Å². The molecule has 0 bridgehead atoms. The van der Waals surface area contributed by atoms with Crippen LogP contribution in [0.3, 0.4) is 0 Å². The summed E-state index contributed by atoms with van der Waals surface area (Å²) in [4.78, 5) is 14.8. The molecule has 5 nitrogen and oxygen atoms in total. The number of piperidine rings is 1. The van der Waals surface area contributed by atoms with E-state index in [2.05, 4.69) is 22.3 Å². The van der Waals surface area contributed by atoms with Gasteiger partial charge in [0.05, 0.1) is 13.7 Å².